The molecule has 0 aromatic carbocycles. The second-order valence-corrected chi connectivity index (χ2v) is 3.67. The first-order valence-corrected chi connectivity index (χ1v) is 3.88. The van der Waals surface area contributed by atoms with Gasteiger partial charge in [0.15, 0.2) is 5.82 Å². The van der Waals surface area contributed by atoms with Crippen LogP contribution < -0.4 is 5.32 Å². The highest BCUT2D eigenvalue weighted by Crippen LogP contribution is 2.24. The Balaban J connectivity index is 2.84. The number of nitrogens with zero attached hydrogens (tertiary/aromatic N) is 1. The Hall–Kier alpha value is -1.25. The fraction of sp³-hybridized carbons (Fsp3) is 0.444. The first kappa shape index (κ1) is 8.84. The second kappa shape index (κ2) is 3.01. The lowest BCUT2D eigenvalue weighted by molar-refractivity contribution is 0.331. The van der Waals surface area contributed by atoms with E-state index < -0.39 is 0 Å². The Bertz CT molecular complexity index is 270. The zero-order valence-electron chi connectivity index (χ0n) is 7.72. The third kappa shape index (κ3) is 1.87. The number of hydrogen-bond donors (Lipinski definition) is 1. The zero-order valence-corrected chi connectivity index (χ0v) is 7.72. The van der Waals surface area contributed by atoms with E-state index in [0.29, 0.717) is 5.82 Å². The van der Waals surface area contributed by atoms with Crippen LogP contribution in [-0.4, -0.2) is 5.16 Å². The van der Waals surface area contributed by atoms with Gasteiger partial charge in [-0.2, -0.15) is 0 Å². The maximum atomic E-state index is 5.12. The van der Waals surface area contributed by atoms with Crippen molar-refractivity contribution in [1.29, 1.82) is 0 Å². The predicted molar refractivity (Wildman–Crippen MR) is 49.0 cm³/mol. The molecule has 0 amide bonds. The molecular formula is C9H14N2O. The van der Waals surface area contributed by atoms with Gasteiger partial charge in [0, 0.05) is 11.5 Å². The van der Waals surface area contributed by atoms with E-state index in [1.807, 2.05) is 6.07 Å². The minimum Gasteiger partial charge on any atom is -0.359 e. The average Bonchev–Trinajstić information content (AvgIpc) is 2.35. The van der Waals surface area contributed by atoms with Gasteiger partial charge in [-0.15, -0.1) is 0 Å². The van der Waals surface area contributed by atoms with Crippen molar-refractivity contribution in [2.24, 2.45) is 0 Å². The van der Waals surface area contributed by atoms with Crippen molar-refractivity contribution in [2.45, 2.75) is 26.2 Å². The molecule has 0 radical (unpaired) electrons. The molecule has 3 nitrogen and oxygen atoms in total. The number of aromatic nitrogens is 1. The minimum absolute atomic E-state index is 0.00804. The van der Waals surface area contributed by atoms with E-state index in [1.54, 1.807) is 6.20 Å². The molecule has 0 aliphatic heterocycles. The van der Waals surface area contributed by atoms with Gasteiger partial charge in [-0.05, 0) is 6.20 Å². The summed E-state index contributed by atoms with van der Waals surface area (Å²) >= 11 is 0. The Morgan fingerprint density at radius 3 is 2.67 bits per heavy atom. The van der Waals surface area contributed by atoms with Crippen molar-refractivity contribution in [3.63, 3.8) is 0 Å². The highest BCUT2D eigenvalue weighted by Gasteiger charge is 2.19. The van der Waals surface area contributed by atoms with Crippen molar-refractivity contribution in [3.8, 4) is 0 Å². The molecule has 1 N–H and O–H groups in total. The van der Waals surface area contributed by atoms with Crippen LogP contribution >= 0.6 is 0 Å². The van der Waals surface area contributed by atoms with Crippen molar-refractivity contribution < 1.29 is 4.52 Å². The summed E-state index contributed by atoms with van der Waals surface area (Å²) in [5.74, 6) is 1.57. The van der Waals surface area contributed by atoms with E-state index in [0.717, 1.165) is 5.76 Å². The maximum absolute atomic E-state index is 5.12. The molecule has 0 spiro atoms. The van der Waals surface area contributed by atoms with Gasteiger partial charge in [-0.3, -0.25) is 0 Å². The van der Waals surface area contributed by atoms with Crippen LogP contribution in [0.25, 0.3) is 0 Å². The maximum Gasteiger partial charge on any atom is 0.173 e. The largest absolute Gasteiger partial charge is 0.359 e. The molecule has 66 valence electrons. The molecule has 0 aliphatic rings. The van der Waals surface area contributed by atoms with Crippen LogP contribution in [0.1, 0.15) is 26.5 Å². The monoisotopic (exact) mass is 166 g/mol. The van der Waals surface area contributed by atoms with Crippen LogP contribution in [0, 0.1) is 0 Å². The van der Waals surface area contributed by atoms with E-state index in [1.165, 1.54) is 0 Å². The van der Waals surface area contributed by atoms with Gasteiger partial charge < -0.3 is 9.84 Å². The SMILES string of the molecule is C=CNc1cc(C(C)(C)C)on1. The van der Waals surface area contributed by atoms with Gasteiger partial charge in [-0.25, -0.2) is 0 Å². The fourth-order valence-electron chi connectivity index (χ4n) is 0.801. The zero-order chi connectivity index (χ0) is 9.19. The molecular weight excluding hydrogens is 152 g/mol. The van der Waals surface area contributed by atoms with Gasteiger partial charge >= 0.3 is 0 Å². The molecule has 0 saturated carbocycles. The fourth-order valence-corrected chi connectivity index (χ4v) is 0.801. The van der Waals surface area contributed by atoms with Crippen LogP contribution in [0.15, 0.2) is 23.4 Å². The van der Waals surface area contributed by atoms with Crippen LogP contribution in [0.4, 0.5) is 5.82 Å². The highest BCUT2D eigenvalue weighted by atomic mass is 16.5. The van der Waals surface area contributed by atoms with Gasteiger partial charge in [0.2, 0.25) is 0 Å². The molecule has 12 heavy (non-hydrogen) atoms. The summed E-state index contributed by atoms with van der Waals surface area (Å²) in [5.41, 5.74) is 0.00804. The predicted octanol–water partition coefficient (Wildman–Crippen LogP) is 2.53. The molecule has 0 atom stereocenters. The van der Waals surface area contributed by atoms with Gasteiger partial charge in [0.1, 0.15) is 5.76 Å². The summed E-state index contributed by atoms with van der Waals surface area (Å²) in [6.45, 7) is 9.76. The highest BCUT2D eigenvalue weighted by molar-refractivity contribution is 5.37. The molecule has 1 rings (SSSR count). The van der Waals surface area contributed by atoms with Gasteiger partial charge in [0.25, 0.3) is 0 Å². The molecule has 1 aromatic heterocycles. The van der Waals surface area contributed by atoms with Crippen LogP contribution in [0.3, 0.4) is 0 Å². The summed E-state index contributed by atoms with van der Waals surface area (Å²) in [7, 11) is 0. The quantitative estimate of drug-likeness (QED) is 0.733. The van der Waals surface area contributed by atoms with E-state index in [-0.39, 0.29) is 5.41 Å². The van der Waals surface area contributed by atoms with Gasteiger partial charge in [-0.1, -0.05) is 32.5 Å². The summed E-state index contributed by atoms with van der Waals surface area (Å²) in [4.78, 5) is 0. The molecule has 1 heterocycles. The van der Waals surface area contributed by atoms with Crippen LogP contribution in [0.2, 0.25) is 0 Å². The number of hydrogen-bond acceptors (Lipinski definition) is 3. The molecule has 3 heteroatoms. The molecule has 0 bridgehead atoms. The molecule has 0 aliphatic carbocycles. The summed E-state index contributed by atoms with van der Waals surface area (Å²) < 4.78 is 5.12. The Labute approximate surface area is 72.4 Å². The molecule has 0 unspecified atom stereocenters. The topological polar surface area (TPSA) is 38.1 Å². The third-order valence-electron chi connectivity index (χ3n) is 1.50. The van der Waals surface area contributed by atoms with Crippen molar-refractivity contribution >= 4 is 5.82 Å². The lowest BCUT2D eigenvalue weighted by Crippen LogP contribution is -2.09. The van der Waals surface area contributed by atoms with Crippen molar-refractivity contribution in [2.75, 3.05) is 5.32 Å². The van der Waals surface area contributed by atoms with Crippen LogP contribution in [-0.2, 0) is 5.41 Å². The lowest BCUT2D eigenvalue weighted by Gasteiger charge is -2.11. The molecule has 1 aromatic rings. The van der Waals surface area contributed by atoms with E-state index >= 15 is 0 Å². The van der Waals surface area contributed by atoms with Gasteiger partial charge in [0.05, 0.1) is 0 Å². The number of nitrogens with one attached hydrogen (secondary N) is 1. The number of rotatable bonds is 2. The standard InChI is InChI=1S/C9H14N2O/c1-5-10-8-6-7(12-11-8)9(2,3)4/h5-6H,1H2,2-4H3,(H,10,11). The van der Waals surface area contributed by atoms with Crippen molar-refractivity contribution in [1.82, 2.24) is 5.16 Å². The first-order chi connectivity index (χ1) is 5.54. The Morgan fingerprint density at radius 2 is 2.25 bits per heavy atom. The average molecular weight is 166 g/mol. The van der Waals surface area contributed by atoms with E-state index in [4.69, 9.17) is 4.52 Å². The summed E-state index contributed by atoms with van der Waals surface area (Å²) in [5, 5.41) is 6.67. The summed E-state index contributed by atoms with van der Waals surface area (Å²) in [6, 6.07) is 1.88. The van der Waals surface area contributed by atoms with E-state index in [2.05, 4.69) is 37.8 Å². The molecule has 0 fully saturated rings. The summed E-state index contributed by atoms with van der Waals surface area (Å²) in [6.07, 6.45) is 1.57. The first-order valence-electron chi connectivity index (χ1n) is 3.88. The smallest absolute Gasteiger partial charge is 0.173 e. The normalized spacial score (nSPS) is 11.2. The van der Waals surface area contributed by atoms with E-state index in [9.17, 15) is 0 Å². The van der Waals surface area contributed by atoms with Crippen molar-refractivity contribution in [3.05, 3.63) is 24.6 Å². The number of anilines is 1. The Kier molecular flexibility index (Phi) is 2.22. The Morgan fingerprint density at radius 1 is 1.58 bits per heavy atom. The third-order valence-corrected chi connectivity index (χ3v) is 1.50. The second-order valence-electron chi connectivity index (χ2n) is 3.67. The minimum atomic E-state index is 0.00804. The molecule has 0 saturated heterocycles. The van der Waals surface area contributed by atoms with Crippen LogP contribution in [0.5, 0.6) is 0 Å². The lowest BCUT2D eigenvalue weighted by atomic mass is 9.93.